The standard InChI is InChI=1S/C15H19FN2O/c1-18(11-14-4-2-3-7-19-14)10-12-5-6-15(16)13(8-12)9-17/h5-6,8,14H,2-4,7,10-11H2,1H3. The number of nitriles is 1. The number of hydrogen-bond donors (Lipinski definition) is 0. The molecule has 0 radical (unpaired) electrons. The van der Waals surface area contributed by atoms with Gasteiger partial charge in [0.25, 0.3) is 0 Å². The van der Waals surface area contributed by atoms with Gasteiger partial charge in [0.05, 0.1) is 11.7 Å². The third-order valence-corrected chi connectivity index (χ3v) is 3.39. The molecule has 4 heteroatoms. The molecule has 1 aliphatic heterocycles. The normalized spacial score (nSPS) is 19.4. The molecule has 1 unspecified atom stereocenters. The van der Waals surface area contributed by atoms with Crippen molar-refractivity contribution in [3.05, 3.63) is 35.1 Å². The van der Waals surface area contributed by atoms with Crippen LogP contribution in [0.25, 0.3) is 0 Å². The van der Waals surface area contributed by atoms with Gasteiger partial charge in [0, 0.05) is 19.7 Å². The maximum Gasteiger partial charge on any atom is 0.140 e. The van der Waals surface area contributed by atoms with Gasteiger partial charge in [-0.25, -0.2) is 4.39 Å². The molecule has 0 N–H and O–H groups in total. The van der Waals surface area contributed by atoms with Gasteiger partial charge in [0.1, 0.15) is 11.9 Å². The summed E-state index contributed by atoms with van der Waals surface area (Å²) >= 11 is 0. The highest BCUT2D eigenvalue weighted by molar-refractivity contribution is 5.34. The molecule has 1 saturated heterocycles. The second kappa shape index (κ2) is 6.65. The van der Waals surface area contributed by atoms with Gasteiger partial charge < -0.3 is 4.74 Å². The molecular weight excluding hydrogens is 243 g/mol. The fourth-order valence-electron chi connectivity index (χ4n) is 2.43. The molecule has 1 aromatic rings. The zero-order valence-electron chi connectivity index (χ0n) is 11.2. The van der Waals surface area contributed by atoms with Gasteiger partial charge in [-0.3, -0.25) is 4.90 Å². The van der Waals surface area contributed by atoms with Gasteiger partial charge in [-0.2, -0.15) is 5.26 Å². The third-order valence-electron chi connectivity index (χ3n) is 3.39. The van der Waals surface area contributed by atoms with Crippen LogP contribution in [0.1, 0.15) is 30.4 Å². The zero-order chi connectivity index (χ0) is 13.7. The molecule has 0 aliphatic carbocycles. The van der Waals surface area contributed by atoms with Crippen molar-refractivity contribution < 1.29 is 9.13 Å². The molecule has 19 heavy (non-hydrogen) atoms. The first-order valence-electron chi connectivity index (χ1n) is 6.67. The third kappa shape index (κ3) is 4.02. The lowest BCUT2D eigenvalue weighted by Gasteiger charge is -2.27. The predicted molar refractivity (Wildman–Crippen MR) is 71.0 cm³/mol. The molecule has 0 bridgehead atoms. The highest BCUT2D eigenvalue weighted by Gasteiger charge is 2.16. The Morgan fingerprint density at radius 1 is 1.47 bits per heavy atom. The number of rotatable bonds is 4. The number of hydrogen-bond acceptors (Lipinski definition) is 3. The van der Waals surface area contributed by atoms with E-state index in [-0.39, 0.29) is 5.56 Å². The second-order valence-electron chi connectivity index (χ2n) is 5.11. The van der Waals surface area contributed by atoms with Crippen molar-refractivity contribution in [3.8, 4) is 6.07 Å². The molecule has 1 heterocycles. The fraction of sp³-hybridized carbons (Fsp3) is 0.533. The van der Waals surface area contributed by atoms with Crippen LogP contribution in [0.2, 0.25) is 0 Å². The Morgan fingerprint density at radius 3 is 3.00 bits per heavy atom. The SMILES string of the molecule is CN(Cc1ccc(F)c(C#N)c1)CC1CCCCO1. The zero-order valence-corrected chi connectivity index (χ0v) is 11.2. The summed E-state index contributed by atoms with van der Waals surface area (Å²) in [7, 11) is 2.02. The van der Waals surface area contributed by atoms with E-state index in [1.54, 1.807) is 12.1 Å². The molecule has 102 valence electrons. The summed E-state index contributed by atoms with van der Waals surface area (Å²) in [5.41, 5.74) is 1.07. The van der Waals surface area contributed by atoms with Crippen LogP contribution in [0.3, 0.4) is 0 Å². The molecule has 0 amide bonds. The minimum atomic E-state index is -0.454. The van der Waals surface area contributed by atoms with Crippen LogP contribution in [0.5, 0.6) is 0 Å². The average molecular weight is 262 g/mol. The molecule has 3 nitrogen and oxygen atoms in total. The van der Waals surface area contributed by atoms with E-state index >= 15 is 0 Å². The largest absolute Gasteiger partial charge is 0.377 e. The first-order chi connectivity index (χ1) is 9.19. The van der Waals surface area contributed by atoms with E-state index in [9.17, 15) is 4.39 Å². The molecule has 0 spiro atoms. The summed E-state index contributed by atoms with van der Waals surface area (Å²) in [5.74, 6) is -0.454. The molecule has 0 aromatic heterocycles. The van der Waals surface area contributed by atoms with E-state index in [2.05, 4.69) is 4.90 Å². The smallest absolute Gasteiger partial charge is 0.140 e. The van der Waals surface area contributed by atoms with Crippen molar-refractivity contribution in [2.24, 2.45) is 0 Å². The lowest BCUT2D eigenvalue weighted by molar-refractivity contribution is -0.00259. The molecule has 1 aromatic carbocycles. The topological polar surface area (TPSA) is 36.3 Å². The summed E-state index contributed by atoms with van der Waals surface area (Å²) < 4.78 is 18.9. The van der Waals surface area contributed by atoms with Crippen molar-refractivity contribution in [2.75, 3.05) is 20.2 Å². The van der Waals surface area contributed by atoms with E-state index in [1.165, 1.54) is 12.5 Å². The molecular formula is C15H19FN2O. The summed E-state index contributed by atoms with van der Waals surface area (Å²) in [6.07, 6.45) is 3.80. The van der Waals surface area contributed by atoms with E-state index in [1.807, 2.05) is 13.1 Å². The first kappa shape index (κ1) is 14.0. The van der Waals surface area contributed by atoms with Crippen LogP contribution >= 0.6 is 0 Å². The van der Waals surface area contributed by atoms with E-state index in [0.29, 0.717) is 12.6 Å². The molecule has 1 aliphatic rings. The van der Waals surface area contributed by atoms with Crippen LogP contribution in [-0.4, -0.2) is 31.2 Å². The van der Waals surface area contributed by atoms with Gasteiger partial charge in [-0.05, 0) is 44.0 Å². The Labute approximate surface area is 113 Å². The monoisotopic (exact) mass is 262 g/mol. The number of ether oxygens (including phenoxy) is 1. The van der Waals surface area contributed by atoms with E-state index < -0.39 is 5.82 Å². The van der Waals surface area contributed by atoms with Crippen molar-refractivity contribution in [2.45, 2.75) is 31.9 Å². The Morgan fingerprint density at radius 2 is 2.32 bits per heavy atom. The van der Waals surface area contributed by atoms with Crippen molar-refractivity contribution in [1.82, 2.24) is 4.90 Å². The maximum atomic E-state index is 13.2. The highest BCUT2D eigenvalue weighted by atomic mass is 19.1. The average Bonchev–Trinajstić information content (AvgIpc) is 2.42. The van der Waals surface area contributed by atoms with Crippen molar-refractivity contribution >= 4 is 0 Å². The minimum absolute atomic E-state index is 0.111. The van der Waals surface area contributed by atoms with Gasteiger partial charge in [0.15, 0.2) is 0 Å². The van der Waals surface area contributed by atoms with Crippen molar-refractivity contribution in [3.63, 3.8) is 0 Å². The number of benzene rings is 1. The Hall–Kier alpha value is -1.44. The van der Waals surface area contributed by atoms with Gasteiger partial charge >= 0.3 is 0 Å². The molecule has 2 rings (SSSR count). The first-order valence-corrected chi connectivity index (χ1v) is 6.67. The van der Waals surface area contributed by atoms with Crippen LogP contribution in [0, 0.1) is 17.1 Å². The van der Waals surface area contributed by atoms with Crippen LogP contribution in [-0.2, 0) is 11.3 Å². The van der Waals surface area contributed by atoms with Gasteiger partial charge in [-0.1, -0.05) is 6.07 Å². The highest BCUT2D eigenvalue weighted by Crippen LogP contribution is 2.15. The Kier molecular flexibility index (Phi) is 4.89. The van der Waals surface area contributed by atoms with Crippen molar-refractivity contribution in [1.29, 1.82) is 5.26 Å². The Bertz CT molecular complexity index is 464. The van der Waals surface area contributed by atoms with Gasteiger partial charge in [-0.15, -0.1) is 0 Å². The quantitative estimate of drug-likeness (QED) is 0.837. The van der Waals surface area contributed by atoms with Crippen LogP contribution < -0.4 is 0 Å². The summed E-state index contributed by atoms with van der Waals surface area (Å²) in [4.78, 5) is 2.16. The second-order valence-corrected chi connectivity index (χ2v) is 5.11. The number of halogens is 1. The fourth-order valence-corrected chi connectivity index (χ4v) is 2.43. The van der Waals surface area contributed by atoms with Gasteiger partial charge in [0.2, 0.25) is 0 Å². The maximum absolute atomic E-state index is 13.2. The summed E-state index contributed by atoms with van der Waals surface area (Å²) in [6.45, 7) is 2.43. The predicted octanol–water partition coefficient (Wildman–Crippen LogP) is 2.70. The minimum Gasteiger partial charge on any atom is -0.377 e. The van der Waals surface area contributed by atoms with Crippen LogP contribution in [0.15, 0.2) is 18.2 Å². The lowest BCUT2D eigenvalue weighted by atomic mass is 10.1. The molecule has 1 atom stereocenters. The lowest BCUT2D eigenvalue weighted by Crippen LogP contribution is -2.33. The Balaban J connectivity index is 1.91. The molecule has 0 saturated carbocycles. The summed E-state index contributed by atoms with van der Waals surface area (Å²) in [5, 5.41) is 8.81. The number of nitrogens with zero attached hydrogens (tertiary/aromatic N) is 2. The van der Waals surface area contributed by atoms with E-state index in [0.717, 1.165) is 31.6 Å². The summed E-state index contributed by atoms with van der Waals surface area (Å²) in [6, 6.07) is 6.58. The number of likely N-dealkylation sites (N-methyl/N-ethyl adjacent to an activating group) is 1. The molecule has 1 fully saturated rings. The van der Waals surface area contributed by atoms with E-state index in [4.69, 9.17) is 10.00 Å². The van der Waals surface area contributed by atoms with Crippen LogP contribution in [0.4, 0.5) is 4.39 Å².